The van der Waals surface area contributed by atoms with Gasteiger partial charge in [-0.2, -0.15) is 10.1 Å². The summed E-state index contributed by atoms with van der Waals surface area (Å²) in [6.07, 6.45) is 3.30. The Morgan fingerprint density at radius 3 is 2.39 bits per heavy atom. The molecule has 0 amide bonds. The van der Waals surface area contributed by atoms with Crippen molar-refractivity contribution in [3.05, 3.63) is 65.4 Å². The number of esters is 1. The highest BCUT2D eigenvalue weighted by Crippen LogP contribution is 2.26. The molecule has 3 rings (SSSR count). The van der Waals surface area contributed by atoms with Crippen LogP contribution in [-0.4, -0.2) is 28.3 Å². The first kappa shape index (κ1) is 19.3. The third-order valence-electron chi connectivity index (χ3n) is 4.39. The Bertz CT molecular complexity index is 952. The smallest absolute Gasteiger partial charge is 0.339 e. The molecular weight excluding hydrogens is 354 g/mol. The lowest BCUT2D eigenvalue weighted by molar-refractivity contribution is 0.0602. The number of nitrogens with one attached hydrogen (secondary N) is 2. The predicted molar refractivity (Wildman–Crippen MR) is 109 cm³/mol. The van der Waals surface area contributed by atoms with E-state index in [2.05, 4.69) is 57.9 Å². The van der Waals surface area contributed by atoms with Crippen molar-refractivity contribution in [2.75, 3.05) is 17.7 Å². The molecule has 0 unspecified atom stereocenters. The number of aryl methyl sites for hydroxylation is 2. The van der Waals surface area contributed by atoms with E-state index in [1.807, 2.05) is 6.07 Å². The van der Waals surface area contributed by atoms with Gasteiger partial charge in [0, 0.05) is 5.69 Å². The molecule has 0 atom stereocenters. The Kier molecular flexibility index (Phi) is 6.16. The van der Waals surface area contributed by atoms with E-state index in [0.29, 0.717) is 23.0 Å². The van der Waals surface area contributed by atoms with Crippen LogP contribution in [0.25, 0.3) is 0 Å². The molecule has 7 heteroatoms. The van der Waals surface area contributed by atoms with Crippen molar-refractivity contribution >= 4 is 29.1 Å². The molecule has 0 aliphatic rings. The van der Waals surface area contributed by atoms with Gasteiger partial charge in [0.2, 0.25) is 5.95 Å². The molecule has 7 nitrogen and oxygen atoms in total. The number of carbonyl (C=O) groups excluding carboxylic acids is 1. The number of rotatable bonds is 7. The average Bonchev–Trinajstić information content (AvgIpc) is 2.74. The molecular formula is C21H23N5O2. The molecule has 28 heavy (non-hydrogen) atoms. The molecule has 2 aromatic carbocycles. The van der Waals surface area contributed by atoms with Gasteiger partial charge in [-0.3, -0.25) is 0 Å². The van der Waals surface area contributed by atoms with Gasteiger partial charge in [-0.1, -0.05) is 44.2 Å². The summed E-state index contributed by atoms with van der Waals surface area (Å²) in [5.74, 6) is 0.435. The predicted octanol–water partition coefficient (Wildman–Crippen LogP) is 4.27. The first-order valence-electron chi connectivity index (χ1n) is 9.18. The summed E-state index contributed by atoms with van der Waals surface area (Å²) in [6.45, 7) is 4.22. The summed E-state index contributed by atoms with van der Waals surface area (Å²) >= 11 is 0. The molecule has 144 valence electrons. The highest BCUT2D eigenvalue weighted by atomic mass is 16.5. The number of nitrogens with zero attached hydrogens (tertiary/aromatic N) is 3. The molecule has 0 bridgehead atoms. The topological polar surface area (TPSA) is 89.0 Å². The van der Waals surface area contributed by atoms with Crippen molar-refractivity contribution in [2.45, 2.75) is 26.7 Å². The molecule has 0 radical (unpaired) electrons. The SMILES string of the molecule is CCc1cccc(CC)c1Nc1nncc(Nc2ccccc2C(=O)OC)n1. The van der Waals surface area contributed by atoms with Crippen LogP contribution in [0.15, 0.2) is 48.7 Å². The number of hydrogen-bond donors (Lipinski definition) is 2. The van der Waals surface area contributed by atoms with Crippen LogP contribution in [0, 0.1) is 0 Å². The number of methoxy groups -OCH3 is 1. The minimum absolute atomic E-state index is 0.385. The zero-order valence-corrected chi connectivity index (χ0v) is 16.2. The van der Waals surface area contributed by atoms with Crippen LogP contribution in [0.1, 0.15) is 35.3 Å². The second-order valence-electron chi connectivity index (χ2n) is 6.11. The molecule has 0 aliphatic carbocycles. The maximum atomic E-state index is 12.0. The molecule has 0 saturated heterocycles. The van der Waals surface area contributed by atoms with Crippen LogP contribution in [-0.2, 0) is 17.6 Å². The van der Waals surface area contributed by atoms with Gasteiger partial charge in [0.1, 0.15) is 0 Å². The summed E-state index contributed by atoms with van der Waals surface area (Å²) in [5.41, 5.74) is 4.41. The van der Waals surface area contributed by atoms with Gasteiger partial charge >= 0.3 is 5.97 Å². The number of para-hydroxylation sites is 2. The lowest BCUT2D eigenvalue weighted by Crippen LogP contribution is -2.08. The van der Waals surface area contributed by atoms with Gasteiger partial charge in [0.15, 0.2) is 5.82 Å². The fourth-order valence-corrected chi connectivity index (χ4v) is 2.95. The average molecular weight is 377 g/mol. The van der Waals surface area contributed by atoms with Gasteiger partial charge in [0.25, 0.3) is 0 Å². The van der Waals surface area contributed by atoms with Crippen LogP contribution in [0.3, 0.4) is 0 Å². The number of anilines is 4. The van der Waals surface area contributed by atoms with E-state index >= 15 is 0 Å². The first-order valence-corrected chi connectivity index (χ1v) is 9.18. The van der Waals surface area contributed by atoms with Gasteiger partial charge in [-0.25, -0.2) is 4.79 Å². The van der Waals surface area contributed by atoms with Crippen LogP contribution < -0.4 is 10.6 Å². The number of aromatic nitrogens is 3. The number of hydrogen-bond acceptors (Lipinski definition) is 7. The van der Waals surface area contributed by atoms with E-state index in [1.54, 1.807) is 18.2 Å². The van der Waals surface area contributed by atoms with E-state index in [9.17, 15) is 4.79 Å². The first-order chi connectivity index (χ1) is 13.7. The Morgan fingerprint density at radius 1 is 1.00 bits per heavy atom. The molecule has 1 aromatic heterocycles. The number of ether oxygens (including phenoxy) is 1. The van der Waals surface area contributed by atoms with E-state index in [4.69, 9.17) is 4.74 Å². The molecule has 1 heterocycles. The summed E-state index contributed by atoms with van der Waals surface area (Å²) in [6, 6.07) is 13.3. The molecule has 2 N–H and O–H groups in total. The second kappa shape index (κ2) is 8.94. The number of carbonyl (C=O) groups is 1. The molecule has 0 spiro atoms. The van der Waals surface area contributed by atoms with Crippen molar-refractivity contribution < 1.29 is 9.53 Å². The van der Waals surface area contributed by atoms with Crippen LogP contribution >= 0.6 is 0 Å². The highest BCUT2D eigenvalue weighted by Gasteiger charge is 2.13. The summed E-state index contributed by atoms with van der Waals surface area (Å²) in [5, 5.41) is 14.5. The zero-order valence-electron chi connectivity index (χ0n) is 16.2. The Morgan fingerprint density at radius 2 is 1.71 bits per heavy atom. The molecule has 3 aromatic rings. The zero-order chi connectivity index (χ0) is 19.9. The number of benzene rings is 2. The Hall–Kier alpha value is -3.48. The van der Waals surface area contributed by atoms with Gasteiger partial charge in [-0.15, -0.1) is 5.10 Å². The minimum Gasteiger partial charge on any atom is -0.465 e. The quantitative estimate of drug-likeness (QED) is 0.594. The Labute approximate surface area is 164 Å². The van der Waals surface area contributed by atoms with Crippen molar-refractivity contribution in [2.24, 2.45) is 0 Å². The van der Waals surface area contributed by atoms with E-state index in [-0.39, 0.29) is 0 Å². The normalized spacial score (nSPS) is 10.4. The fourth-order valence-electron chi connectivity index (χ4n) is 2.95. The van der Waals surface area contributed by atoms with Crippen molar-refractivity contribution in [3.63, 3.8) is 0 Å². The maximum Gasteiger partial charge on any atom is 0.339 e. The van der Waals surface area contributed by atoms with Crippen LogP contribution in [0.2, 0.25) is 0 Å². The van der Waals surface area contributed by atoms with Crippen molar-refractivity contribution in [3.8, 4) is 0 Å². The highest BCUT2D eigenvalue weighted by molar-refractivity contribution is 5.96. The van der Waals surface area contributed by atoms with Gasteiger partial charge in [0.05, 0.1) is 24.6 Å². The largest absolute Gasteiger partial charge is 0.465 e. The van der Waals surface area contributed by atoms with E-state index in [1.165, 1.54) is 24.4 Å². The maximum absolute atomic E-state index is 12.0. The monoisotopic (exact) mass is 377 g/mol. The molecule has 0 saturated carbocycles. The minimum atomic E-state index is -0.423. The standard InChI is InChI=1S/C21H23N5O2/c1-4-14-9-8-10-15(5-2)19(14)25-21-24-18(13-22-26-21)23-17-12-7-6-11-16(17)20(27)28-3/h6-13H,4-5H2,1-3H3,(H2,23,24,25,26). The van der Waals surface area contributed by atoms with E-state index < -0.39 is 5.97 Å². The van der Waals surface area contributed by atoms with Gasteiger partial charge in [-0.05, 0) is 36.1 Å². The van der Waals surface area contributed by atoms with Gasteiger partial charge < -0.3 is 15.4 Å². The lowest BCUT2D eigenvalue weighted by Gasteiger charge is -2.15. The Balaban J connectivity index is 1.88. The lowest BCUT2D eigenvalue weighted by atomic mass is 10.0. The fraction of sp³-hybridized carbons (Fsp3) is 0.238. The van der Waals surface area contributed by atoms with Crippen molar-refractivity contribution in [1.82, 2.24) is 15.2 Å². The van der Waals surface area contributed by atoms with E-state index in [0.717, 1.165) is 18.5 Å². The van der Waals surface area contributed by atoms with Crippen LogP contribution in [0.5, 0.6) is 0 Å². The summed E-state index contributed by atoms with van der Waals surface area (Å²) in [7, 11) is 1.35. The molecule has 0 aliphatic heterocycles. The van der Waals surface area contributed by atoms with Crippen LogP contribution in [0.4, 0.5) is 23.1 Å². The van der Waals surface area contributed by atoms with Crippen molar-refractivity contribution in [1.29, 1.82) is 0 Å². The molecule has 0 fully saturated rings. The summed E-state index contributed by atoms with van der Waals surface area (Å²) in [4.78, 5) is 16.4. The third kappa shape index (κ3) is 4.25. The second-order valence-corrected chi connectivity index (χ2v) is 6.11. The third-order valence-corrected chi connectivity index (χ3v) is 4.39. The summed E-state index contributed by atoms with van der Waals surface area (Å²) < 4.78 is 4.83.